The standard InChI is InChI=1S/C14H14ClNO2S/c15-14(12-5-7-19(17,18)9-12)11-3-4-13-10(8-11)2-1-6-16-13/h1-4,6,8,12,14H,5,7,9H2. The van der Waals surface area contributed by atoms with E-state index in [0.29, 0.717) is 6.42 Å². The molecule has 0 radical (unpaired) electrons. The van der Waals surface area contributed by atoms with Crippen LogP contribution in [-0.2, 0) is 9.84 Å². The first-order chi connectivity index (χ1) is 9.05. The Balaban J connectivity index is 1.91. The van der Waals surface area contributed by atoms with Gasteiger partial charge in [-0.2, -0.15) is 0 Å². The number of nitrogens with zero attached hydrogens (tertiary/aromatic N) is 1. The maximum absolute atomic E-state index is 11.5. The number of rotatable bonds is 2. The van der Waals surface area contributed by atoms with Crippen LogP contribution in [0.3, 0.4) is 0 Å². The summed E-state index contributed by atoms with van der Waals surface area (Å²) < 4.78 is 23.0. The molecule has 2 heterocycles. The van der Waals surface area contributed by atoms with Crippen molar-refractivity contribution in [1.29, 1.82) is 0 Å². The van der Waals surface area contributed by atoms with Crippen molar-refractivity contribution in [3.63, 3.8) is 0 Å². The molecule has 0 amide bonds. The fraction of sp³-hybridized carbons (Fsp3) is 0.357. The maximum Gasteiger partial charge on any atom is 0.150 e. The predicted molar refractivity (Wildman–Crippen MR) is 77.1 cm³/mol. The zero-order valence-electron chi connectivity index (χ0n) is 10.3. The quantitative estimate of drug-likeness (QED) is 0.800. The van der Waals surface area contributed by atoms with Crippen molar-refractivity contribution < 1.29 is 8.42 Å². The van der Waals surface area contributed by atoms with Gasteiger partial charge >= 0.3 is 0 Å². The molecule has 1 aromatic carbocycles. The third kappa shape index (κ3) is 2.60. The van der Waals surface area contributed by atoms with Crippen LogP contribution in [0.15, 0.2) is 36.5 Å². The summed E-state index contributed by atoms with van der Waals surface area (Å²) in [5.74, 6) is 0.475. The Kier molecular flexibility index (Phi) is 3.23. The molecule has 2 atom stereocenters. The molecule has 19 heavy (non-hydrogen) atoms. The average Bonchev–Trinajstić information content (AvgIpc) is 2.78. The lowest BCUT2D eigenvalue weighted by Gasteiger charge is -2.16. The molecule has 1 aliphatic heterocycles. The van der Waals surface area contributed by atoms with Crippen molar-refractivity contribution in [2.24, 2.45) is 5.92 Å². The normalized spacial score (nSPS) is 23.5. The zero-order chi connectivity index (χ0) is 13.5. The molecule has 0 aliphatic carbocycles. The first-order valence-electron chi connectivity index (χ1n) is 6.24. The van der Waals surface area contributed by atoms with Crippen molar-refractivity contribution >= 4 is 32.3 Å². The van der Waals surface area contributed by atoms with Crippen molar-refractivity contribution in [2.45, 2.75) is 11.8 Å². The third-order valence-electron chi connectivity index (χ3n) is 3.63. The van der Waals surface area contributed by atoms with Gasteiger partial charge in [-0.1, -0.05) is 12.1 Å². The third-order valence-corrected chi connectivity index (χ3v) is 6.03. The van der Waals surface area contributed by atoms with Gasteiger partial charge in [-0.25, -0.2) is 8.42 Å². The predicted octanol–water partition coefficient (Wildman–Crippen LogP) is 2.95. The molecule has 100 valence electrons. The van der Waals surface area contributed by atoms with Gasteiger partial charge in [-0.05, 0) is 36.1 Å². The van der Waals surface area contributed by atoms with Crippen LogP contribution < -0.4 is 0 Å². The van der Waals surface area contributed by atoms with Gasteiger partial charge in [-0.3, -0.25) is 4.98 Å². The SMILES string of the molecule is O=S1(=O)CCC(C(Cl)c2ccc3ncccc3c2)C1. The molecule has 5 heteroatoms. The molecule has 0 spiro atoms. The van der Waals surface area contributed by atoms with Gasteiger partial charge in [0.25, 0.3) is 0 Å². The van der Waals surface area contributed by atoms with Crippen molar-refractivity contribution in [3.8, 4) is 0 Å². The van der Waals surface area contributed by atoms with E-state index in [2.05, 4.69) is 4.98 Å². The Morgan fingerprint density at radius 2 is 2.16 bits per heavy atom. The lowest BCUT2D eigenvalue weighted by Crippen LogP contribution is -2.10. The van der Waals surface area contributed by atoms with Crippen molar-refractivity contribution in [1.82, 2.24) is 4.98 Å². The molecular formula is C14H14ClNO2S. The number of hydrogen-bond donors (Lipinski definition) is 0. The first kappa shape index (κ1) is 12.9. The van der Waals surface area contributed by atoms with E-state index in [-0.39, 0.29) is 22.8 Å². The number of fused-ring (bicyclic) bond motifs is 1. The monoisotopic (exact) mass is 295 g/mol. The van der Waals surface area contributed by atoms with Gasteiger partial charge in [0.1, 0.15) is 0 Å². The Morgan fingerprint density at radius 1 is 1.32 bits per heavy atom. The Morgan fingerprint density at radius 3 is 2.89 bits per heavy atom. The largest absolute Gasteiger partial charge is 0.256 e. The van der Waals surface area contributed by atoms with Gasteiger partial charge in [0.2, 0.25) is 0 Å². The molecule has 2 aromatic rings. The number of aromatic nitrogens is 1. The van der Waals surface area contributed by atoms with Crippen LogP contribution in [-0.4, -0.2) is 24.9 Å². The van der Waals surface area contributed by atoms with E-state index in [9.17, 15) is 8.42 Å². The van der Waals surface area contributed by atoms with Gasteiger partial charge in [0, 0.05) is 11.6 Å². The highest BCUT2D eigenvalue weighted by Gasteiger charge is 2.33. The lowest BCUT2D eigenvalue weighted by atomic mass is 9.97. The van der Waals surface area contributed by atoms with Crippen LogP contribution in [0.1, 0.15) is 17.4 Å². The minimum atomic E-state index is -2.89. The number of hydrogen-bond acceptors (Lipinski definition) is 3. The highest BCUT2D eigenvalue weighted by molar-refractivity contribution is 7.91. The second kappa shape index (κ2) is 4.76. The molecule has 1 fully saturated rings. The molecule has 3 nitrogen and oxygen atoms in total. The summed E-state index contributed by atoms with van der Waals surface area (Å²) in [6.07, 6.45) is 2.41. The molecule has 2 unspecified atom stereocenters. The molecule has 1 aromatic heterocycles. The highest BCUT2D eigenvalue weighted by atomic mass is 35.5. The summed E-state index contributed by atoms with van der Waals surface area (Å²) in [5, 5.41) is 0.786. The van der Waals surface area contributed by atoms with E-state index in [0.717, 1.165) is 16.5 Å². The summed E-state index contributed by atoms with van der Waals surface area (Å²) in [6, 6.07) is 9.75. The van der Waals surface area contributed by atoms with Gasteiger partial charge in [-0.15, -0.1) is 11.6 Å². The van der Waals surface area contributed by atoms with E-state index >= 15 is 0 Å². The molecule has 1 aliphatic rings. The zero-order valence-corrected chi connectivity index (χ0v) is 11.9. The van der Waals surface area contributed by atoms with Crippen LogP contribution in [0.2, 0.25) is 0 Å². The second-order valence-corrected chi connectivity index (χ2v) is 7.72. The number of alkyl halides is 1. The van der Waals surface area contributed by atoms with Crippen LogP contribution in [0.5, 0.6) is 0 Å². The van der Waals surface area contributed by atoms with E-state index in [1.54, 1.807) is 6.20 Å². The van der Waals surface area contributed by atoms with Crippen molar-refractivity contribution in [2.75, 3.05) is 11.5 Å². The van der Waals surface area contributed by atoms with Crippen molar-refractivity contribution in [3.05, 3.63) is 42.1 Å². The Hall–Kier alpha value is -1.13. The number of pyridine rings is 1. The first-order valence-corrected chi connectivity index (χ1v) is 8.50. The van der Waals surface area contributed by atoms with E-state index in [1.165, 1.54) is 0 Å². The molecule has 0 N–H and O–H groups in total. The van der Waals surface area contributed by atoms with Crippen LogP contribution in [0.4, 0.5) is 0 Å². The topological polar surface area (TPSA) is 47.0 Å². The lowest BCUT2D eigenvalue weighted by molar-refractivity contribution is 0.569. The number of sulfone groups is 1. The summed E-state index contributed by atoms with van der Waals surface area (Å²) in [7, 11) is -2.89. The minimum absolute atomic E-state index is 0.0146. The Bertz CT molecular complexity index is 714. The highest BCUT2D eigenvalue weighted by Crippen LogP contribution is 2.37. The van der Waals surface area contributed by atoms with Gasteiger partial charge < -0.3 is 0 Å². The molecule has 1 saturated heterocycles. The van der Waals surface area contributed by atoms with Crippen LogP contribution in [0.25, 0.3) is 10.9 Å². The summed E-state index contributed by atoms with van der Waals surface area (Å²) >= 11 is 6.46. The van der Waals surface area contributed by atoms with Gasteiger partial charge in [0.05, 0.1) is 22.4 Å². The molecular weight excluding hydrogens is 282 g/mol. The number of benzene rings is 1. The smallest absolute Gasteiger partial charge is 0.150 e. The van der Waals surface area contributed by atoms with E-state index in [1.807, 2.05) is 30.3 Å². The maximum atomic E-state index is 11.5. The molecule has 0 saturated carbocycles. The van der Waals surface area contributed by atoms with Crippen LogP contribution >= 0.6 is 11.6 Å². The summed E-state index contributed by atoms with van der Waals surface area (Å²) in [4.78, 5) is 4.26. The van der Waals surface area contributed by atoms with E-state index in [4.69, 9.17) is 11.6 Å². The van der Waals surface area contributed by atoms with Gasteiger partial charge in [0.15, 0.2) is 9.84 Å². The second-order valence-electron chi connectivity index (χ2n) is 5.02. The summed E-state index contributed by atoms with van der Waals surface area (Å²) in [6.45, 7) is 0. The fourth-order valence-electron chi connectivity index (χ4n) is 2.59. The molecule has 3 rings (SSSR count). The minimum Gasteiger partial charge on any atom is -0.256 e. The summed E-state index contributed by atoms with van der Waals surface area (Å²) in [5.41, 5.74) is 1.90. The average molecular weight is 296 g/mol. The van der Waals surface area contributed by atoms with E-state index < -0.39 is 9.84 Å². The fourth-order valence-corrected chi connectivity index (χ4v) is 4.89. The number of halogens is 1. The van der Waals surface area contributed by atoms with Crippen LogP contribution in [0, 0.1) is 5.92 Å². The molecule has 0 bridgehead atoms. The Labute approximate surface area is 117 Å².